The molecule has 0 unspecified atom stereocenters. The van der Waals surface area contributed by atoms with Crippen molar-refractivity contribution >= 4 is 21.9 Å². The molecular formula is C13H18BrNO2. The number of nitrogens with one attached hydrogen (secondary N) is 1. The first-order valence-electron chi connectivity index (χ1n) is 5.68. The van der Waals surface area contributed by atoms with Crippen LogP contribution in [0.25, 0.3) is 0 Å². The quantitative estimate of drug-likeness (QED) is 0.821. The van der Waals surface area contributed by atoms with Gasteiger partial charge in [-0.25, -0.2) is 0 Å². The third kappa shape index (κ3) is 6.44. The van der Waals surface area contributed by atoms with Crippen molar-refractivity contribution in [3.63, 3.8) is 0 Å². The van der Waals surface area contributed by atoms with Crippen LogP contribution in [0.5, 0.6) is 0 Å². The highest BCUT2D eigenvalue weighted by atomic mass is 79.9. The molecule has 94 valence electrons. The van der Waals surface area contributed by atoms with Crippen molar-refractivity contribution in [3.8, 4) is 0 Å². The first kappa shape index (κ1) is 14.2. The number of hydrogen-bond acceptors (Lipinski definition) is 3. The average molecular weight is 300 g/mol. The molecule has 0 fully saturated rings. The molecule has 0 aliphatic carbocycles. The van der Waals surface area contributed by atoms with Crippen LogP contribution in [0, 0.1) is 5.92 Å². The van der Waals surface area contributed by atoms with E-state index in [4.69, 9.17) is 4.74 Å². The summed E-state index contributed by atoms with van der Waals surface area (Å²) in [5.74, 6) is 0.318. The van der Waals surface area contributed by atoms with Gasteiger partial charge in [0, 0.05) is 4.47 Å². The fourth-order valence-electron chi connectivity index (χ4n) is 1.30. The van der Waals surface area contributed by atoms with Crippen LogP contribution >= 0.6 is 15.9 Å². The lowest BCUT2D eigenvalue weighted by Gasteiger charge is -2.08. The number of ether oxygens (including phenoxy) is 1. The molecule has 3 nitrogen and oxygen atoms in total. The van der Waals surface area contributed by atoms with E-state index in [9.17, 15) is 4.79 Å². The zero-order valence-electron chi connectivity index (χ0n) is 10.2. The molecule has 1 aromatic rings. The Labute approximate surface area is 111 Å². The fraction of sp³-hybridized carbons (Fsp3) is 0.462. The minimum absolute atomic E-state index is 0.217. The molecule has 0 bridgehead atoms. The monoisotopic (exact) mass is 299 g/mol. The van der Waals surface area contributed by atoms with Crippen molar-refractivity contribution in [2.24, 2.45) is 5.92 Å². The van der Waals surface area contributed by atoms with Crippen molar-refractivity contribution in [2.45, 2.75) is 20.5 Å². The molecule has 0 aliphatic heterocycles. The number of esters is 1. The molecule has 17 heavy (non-hydrogen) atoms. The molecule has 0 saturated carbocycles. The van der Waals surface area contributed by atoms with Gasteiger partial charge in [0.15, 0.2) is 0 Å². The predicted octanol–water partition coefficient (Wildman–Crippen LogP) is 2.74. The molecule has 0 amide bonds. The van der Waals surface area contributed by atoms with Gasteiger partial charge in [0.1, 0.15) is 6.61 Å². The van der Waals surface area contributed by atoms with Crippen LogP contribution in [0.3, 0.4) is 0 Å². The highest BCUT2D eigenvalue weighted by molar-refractivity contribution is 9.10. The molecule has 0 saturated heterocycles. The van der Waals surface area contributed by atoms with Gasteiger partial charge in [-0.2, -0.15) is 0 Å². The molecule has 0 heterocycles. The minimum Gasteiger partial charge on any atom is -0.460 e. The van der Waals surface area contributed by atoms with Crippen LogP contribution in [0.4, 0.5) is 0 Å². The number of benzene rings is 1. The van der Waals surface area contributed by atoms with E-state index in [-0.39, 0.29) is 12.5 Å². The number of carbonyl (C=O) groups excluding carboxylic acids is 1. The van der Waals surface area contributed by atoms with Gasteiger partial charge in [-0.05, 0) is 30.2 Å². The normalized spacial score (nSPS) is 10.6. The van der Waals surface area contributed by atoms with Crippen LogP contribution in [-0.4, -0.2) is 19.1 Å². The lowest BCUT2D eigenvalue weighted by molar-refractivity contribution is -0.143. The van der Waals surface area contributed by atoms with E-state index in [1.165, 1.54) is 0 Å². The molecule has 0 aliphatic rings. The minimum atomic E-state index is -0.217. The van der Waals surface area contributed by atoms with Gasteiger partial charge in [-0.1, -0.05) is 41.9 Å². The smallest absolute Gasteiger partial charge is 0.320 e. The molecule has 1 N–H and O–H groups in total. The Hall–Kier alpha value is -0.870. The van der Waals surface area contributed by atoms with Gasteiger partial charge in [-0.15, -0.1) is 0 Å². The molecule has 1 aromatic carbocycles. The van der Waals surface area contributed by atoms with Crippen LogP contribution in [0.15, 0.2) is 28.7 Å². The Morgan fingerprint density at radius 1 is 1.47 bits per heavy atom. The maximum absolute atomic E-state index is 11.4. The third-order valence-corrected chi connectivity index (χ3v) is 2.60. The summed E-state index contributed by atoms with van der Waals surface area (Å²) in [5, 5.41) is 3.05. The summed E-state index contributed by atoms with van der Waals surface area (Å²) < 4.78 is 6.13. The molecule has 0 atom stereocenters. The molecule has 0 radical (unpaired) electrons. The summed E-state index contributed by atoms with van der Waals surface area (Å²) in [5.41, 5.74) is 0.983. The molecule has 1 rings (SSSR count). The second kappa shape index (κ2) is 7.45. The summed E-state index contributed by atoms with van der Waals surface area (Å²) in [6, 6.07) is 7.73. The lowest BCUT2D eigenvalue weighted by atomic mass is 10.2. The van der Waals surface area contributed by atoms with Crippen LogP contribution in [0.2, 0.25) is 0 Å². The van der Waals surface area contributed by atoms with E-state index < -0.39 is 0 Å². The van der Waals surface area contributed by atoms with Crippen molar-refractivity contribution in [3.05, 3.63) is 34.3 Å². The standard InChI is InChI=1S/C13H18BrNO2/c1-10(2)7-15-8-13(16)17-9-11-4-3-5-12(14)6-11/h3-6,10,15H,7-9H2,1-2H3. The van der Waals surface area contributed by atoms with E-state index in [1.54, 1.807) is 0 Å². The van der Waals surface area contributed by atoms with Crippen LogP contribution < -0.4 is 5.32 Å². The number of rotatable bonds is 6. The van der Waals surface area contributed by atoms with E-state index in [1.807, 2.05) is 24.3 Å². The van der Waals surface area contributed by atoms with Crippen molar-refractivity contribution in [1.29, 1.82) is 0 Å². The van der Waals surface area contributed by atoms with Crippen molar-refractivity contribution < 1.29 is 9.53 Å². The van der Waals surface area contributed by atoms with Gasteiger partial charge >= 0.3 is 5.97 Å². The lowest BCUT2D eigenvalue weighted by Crippen LogP contribution is -2.27. The average Bonchev–Trinajstić information content (AvgIpc) is 2.26. The van der Waals surface area contributed by atoms with Crippen molar-refractivity contribution in [1.82, 2.24) is 5.32 Å². The Balaban J connectivity index is 2.24. The zero-order chi connectivity index (χ0) is 12.7. The highest BCUT2D eigenvalue weighted by Gasteiger charge is 2.03. The Bertz CT molecular complexity index is 366. The van der Waals surface area contributed by atoms with Gasteiger partial charge in [-0.3, -0.25) is 4.79 Å². The number of halogens is 1. The van der Waals surface area contributed by atoms with Gasteiger partial charge in [0.2, 0.25) is 0 Å². The Morgan fingerprint density at radius 2 is 2.24 bits per heavy atom. The second-order valence-electron chi connectivity index (χ2n) is 4.32. The van der Waals surface area contributed by atoms with E-state index >= 15 is 0 Å². The van der Waals surface area contributed by atoms with Crippen LogP contribution in [0.1, 0.15) is 19.4 Å². The van der Waals surface area contributed by atoms with E-state index in [2.05, 4.69) is 35.1 Å². The third-order valence-electron chi connectivity index (χ3n) is 2.11. The molecule has 0 aromatic heterocycles. The molecular weight excluding hydrogens is 282 g/mol. The van der Waals surface area contributed by atoms with Gasteiger partial charge in [0.25, 0.3) is 0 Å². The molecule has 0 spiro atoms. The topological polar surface area (TPSA) is 38.3 Å². The van der Waals surface area contributed by atoms with Gasteiger partial charge in [0.05, 0.1) is 6.54 Å². The fourth-order valence-corrected chi connectivity index (χ4v) is 1.75. The molecule has 4 heteroatoms. The summed E-state index contributed by atoms with van der Waals surface area (Å²) in [7, 11) is 0. The maximum Gasteiger partial charge on any atom is 0.320 e. The predicted molar refractivity (Wildman–Crippen MR) is 71.6 cm³/mol. The number of hydrogen-bond donors (Lipinski definition) is 1. The maximum atomic E-state index is 11.4. The second-order valence-corrected chi connectivity index (χ2v) is 5.23. The van der Waals surface area contributed by atoms with E-state index in [0.29, 0.717) is 12.5 Å². The first-order chi connectivity index (χ1) is 8.08. The van der Waals surface area contributed by atoms with Crippen LogP contribution in [-0.2, 0) is 16.1 Å². The Kier molecular flexibility index (Phi) is 6.22. The SMILES string of the molecule is CC(C)CNCC(=O)OCc1cccc(Br)c1. The van der Waals surface area contributed by atoms with E-state index in [0.717, 1.165) is 16.6 Å². The summed E-state index contributed by atoms with van der Waals surface area (Å²) in [6.45, 7) is 5.61. The zero-order valence-corrected chi connectivity index (χ0v) is 11.8. The first-order valence-corrected chi connectivity index (χ1v) is 6.48. The summed E-state index contributed by atoms with van der Waals surface area (Å²) >= 11 is 3.37. The van der Waals surface area contributed by atoms with Crippen molar-refractivity contribution in [2.75, 3.05) is 13.1 Å². The summed E-state index contributed by atoms with van der Waals surface area (Å²) in [6.07, 6.45) is 0. The number of carbonyl (C=O) groups is 1. The Morgan fingerprint density at radius 3 is 2.88 bits per heavy atom. The largest absolute Gasteiger partial charge is 0.460 e. The van der Waals surface area contributed by atoms with Gasteiger partial charge < -0.3 is 10.1 Å². The summed E-state index contributed by atoms with van der Waals surface area (Å²) in [4.78, 5) is 11.4. The highest BCUT2D eigenvalue weighted by Crippen LogP contribution is 2.12.